The molecule has 0 unspecified atom stereocenters. The minimum absolute atomic E-state index is 0.0522. The predicted molar refractivity (Wildman–Crippen MR) is 141 cm³/mol. The number of unbranched alkanes of at least 4 members (excludes halogenated alkanes) is 1. The molecule has 5 atom stereocenters. The van der Waals surface area contributed by atoms with E-state index in [2.05, 4.69) is 29.6 Å². The summed E-state index contributed by atoms with van der Waals surface area (Å²) in [6.07, 6.45) is 11.7. The molecule has 0 bridgehead atoms. The minimum Gasteiger partial charge on any atom is -0.393 e. The molecular weight excluding hydrogens is 458 g/mol. The van der Waals surface area contributed by atoms with E-state index in [4.69, 9.17) is 14.2 Å². The number of carbonyl (C=O) groups is 1. The first-order valence-corrected chi connectivity index (χ1v) is 13.2. The van der Waals surface area contributed by atoms with Gasteiger partial charge in [-0.1, -0.05) is 54.6 Å². The molecule has 1 amide bonds. The molecule has 1 saturated carbocycles. The van der Waals surface area contributed by atoms with Crippen LogP contribution in [-0.4, -0.2) is 68.1 Å². The van der Waals surface area contributed by atoms with Crippen LogP contribution in [0.2, 0.25) is 0 Å². The summed E-state index contributed by atoms with van der Waals surface area (Å²) in [6.45, 7) is 3.73. The van der Waals surface area contributed by atoms with Crippen LogP contribution < -0.4 is 5.32 Å². The highest BCUT2D eigenvalue weighted by molar-refractivity contribution is 5.75. The first-order chi connectivity index (χ1) is 17.5. The van der Waals surface area contributed by atoms with Crippen molar-refractivity contribution in [1.29, 1.82) is 0 Å². The van der Waals surface area contributed by atoms with Gasteiger partial charge in [-0.15, -0.1) is 0 Å². The summed E-state index contributed by atoms with van der Waals surface area (Å²) in [5, 5.41) is 24.0. The largest absolute Gasteiger partial charge is 0.393 e. The van der Waals surface area contributed by atoms with Crippen molar-refractivity contribution in [3.8, 4) is 0 Å². The second kappa shape index (κ2) is 18.3. The van der Waals surface area contributed by atoms with E-state index in [9.17, 15) is 15.0 Å². The van der Waals surface area contributed by atoms with E-state index in [1.807, 2.05) is 37.3 Å². The Morgan fingerprint density at radius 2 is 1.97 bits per heavy atom. The van der Waals surface area contributed by atoms with Gasteiger partial charge in [0.25, 0.3) is 0 Å². The first kappa shape index (κ1) is 30.2. The molecule has 7 heteroatoms. The van der Waals surface area contributed by atoms with E-state index >= 15 is 0 Å². The molecule has 0 aromatic heterocycles. The lowest BCUT2D eigenvalue weighted by molar-refractivity contribution is -0.121. The Hall–Kier alpha value is -2.03. The van der Waals surface area contributed by atoms with Crippen molar-refractivity contribution in [3.05, 3.63) is 60.2 Å². The van der Waals surface area contributed by atoms with Crippen LogP contribution in [0.25, 0.3) is 0 Å². The molecule has 202 valence electrons. The third-order valence-corrected chi connectivity index (χ3v) is 6.54. The number of ether oxygens (including phenoxy) is 3. The van der Waals surface area contributed by atoms with Crippen molar-refractivity contribution in [3.63, 3.8) is 0 Å². The summed E-state index contributed by atoms with van der Waals surface area (Å²) in [6, 6.07) is 10.3. The number of amides is 1. The molecule has 1 aromatic rings. The summed E-state index contributed by atoms with van der Waals surface area (Å²) in [5.41, 5.74) is 1.24. The average molecular weight is 504 g/mol. The Bertz CT molecular complexity index is 768. The van der Waals surface area contributed by atoms with Crippen molar-refractivity contribution in [2.24, 2.45) is 11.8 Å². The summed E-state index contributed by atoms with van der Waals surface area (Å²) in [4.78, 5) is 11.5. The second-order valence-corrected chi connectivity index (χ2v) is 9.30. The standard InChI is InChI=1S/C29H45NO6/c1-3-30-29(33)14-10-5-4-9-13-25-26(28(32)21-27(25)31)18-17-24(36-22-35-20-19-34-2)16-15-23-11-7-6-8-12-23/h4,6-9,11-12,17-18,24-28,31-32H,3,5,10,13-16,19-22H2,1-2H3,(H,30,33)/t24-,25+,26+,27-,28+/m0/s1. The number of carbonyl (C=O) groups excluding carboxylic acids is 1. The van der Waals surface area contributed by atoms with E-state index in [1.165, 1.54) is 5.56 Å². The lowest BCUT2D eigenvalue weighted by Crippen LogP contribution is -2.22. The lowest BCUT2D eigenvalue weighted by atomic mass is 9.89. The number of methoxy groups -OCH3 is 1. The number of allylic oxidation sites excluding steroid dienone is 2. The maximum absolute atomic E-state index is 11.5. The van der Waals surface area contributed by atoms with Gasteiger partial charge in [0, 0.05) is 32.4 Å². The fraction of sp³-hybridized carbons (Fsp3) is 0.621. The van der Waals surface area contributed by atoms with E-state index < -0.39 is 12.2 Å². The molecule has 1 aliphatic rings. The van der Waals surface area contributed by atoms with Crippen molar-refractivity contribution < 1.29 is 29.2 Å². The summed E-state index contributed by atoms with van der Waals surface area (Å²) < 4.78 is 16.5. The van der Waals surface area contributed by atoms with Gasteiger partial charge in [0.2, 0.25) is 5.91 Å². The first-order valence-electron chi connectivity index (χ1n) is 13.2. The monoisotopic (exact) mass is 503 g/mol. The van der Waals surface area contributed by atoms with Gasteiger partial charge in [0.1, 0.15) is 6.79 Å². The van der Waals surface area contributed by atoms with Gasteiger partial charge in [-0.05, 0) is 50.5 Å². The van der Waals surface area contributed by atoms with Gasteiger partial charge in [0.05, 0.1) is 31.5 Å². The van der Waals surface area contributed by atoms with E-state index in [0.29, 0.717) is 39.0 Å². The van der Waals surface area contributed by atoms with Gasteiger partial charge in [-0.2, -0.15) is 0 Å². The SMILES string of the molecule is CCNC(=O)CCCC=CC[C@@H]1[C@@H](C=C[C@H](CCc2ccccc2)OCOCCOC)[C@H](O)C[C@@H]1O. The maximum Gasteiger partial charge on any atom is 0.219 e. The number of hydrogen-bond acceptors (Lipinski definition) is 6. The quantitative estimate of drug-likeness (QED) is 0.160. The normalized spacial score (nSPS) is 23.0. The highest BCUT2D eigenvalue weighted by Crippen LogP contribution is 2.36. The summed E-state index contributed by atoms with van der Waals surface area (Å²) >= 11 is 0. The van der Waals surface area contributed by atoms with E-state index in [0.717, 1.165) is 25.7 Å². The van der Waals surface area contributed by atoms with Crippen LogP contribution in [0.1, 0.15) is 51.0 Å². The van der Waals surface area contributed by atoms with Crippen molar-refractivity contribution in [2.75, 3.05) is 33.7 Å². The molecule has 1 aromatic carbocycles. The summed E-state index contributed by atoms with van der Waals surface area (Å²) in [5.74, 6) is -0.112. The van der Waals surface area contributed by atoms with Crippen LogP contribution >= 0.6 is 0 Å². The Labute approximate surface area is 216 Å². The van der Waals surface area contributed by atoms with Gasteiger partial charge < -0.3 is 29.7 Å². The molecule has 0 radical (unpaired) electrons. The fourth-order valence-corrected chi connectivity index (χ4v) is 4.52. The number of aryl methyl sites for hydroxylation is 1. The van der Waals surface area contributed by atoms with Crippen molar-refractivity contribution >= 4 is 5.91 Å². The van der Waals surface area contributed by atoms with E-state index in [-0.39, 0.29) is 30.6 Å². The number of nitrogens with one attached hydrogen (secondary N) is 1. The van der Waals surface area contributed by atoms with Crippen LogP contribution in [0, 0.1) is 11.8 Å². The molecular formula is C29H45NO6. The minimum atomic E-state index is -0.583. The Morgan fingerprint density at radius 3 is 2.72 bits per heavy atom. The van der Waals surface area contributed by atoms with E-state index in [1.54, 1.807) is 7.11 Å². The van der Waals surface area contributed by atoms with Crippen LogP contribution in [0.5, 0.6) is 0 Å². The number of aliphatic hydroxyl groups is 2. The highest BCUT2D eigenvalue weighted by atomic mass is 16.7. The number of benzene rings is 1. The number of rotatable bonds is 18. The zero-order chi connectivity index (χ0) is 26.0. The molecule has 3 N–H and O–H groups in total. The Kier molecular flexibility index (Phi) is 15.3. The molecule has 0 saturated heterocycles. The molecule has 7 nitrogen and oxygen atoms in total. The molecule has 0 heterocycles. The van der Waals surface area contributed by atoms with Crippen LogP contribution in [-0.2, 0) is 25.4 Å². The molecule has 1 aliphatic carbocycles. The molecule has 2 rings (SSSR count). The van der Waals surface area contributed by atoms with Gasteiger partial charge in [-0.3, -0.25) is 4.79 Å². The molecule has 0 aliphatic heterocycles. The van der Waals surface area contributed by atoms with Crippen LogP contribution in [0.15, 0.2) is 54.6 Å². The molecule has 36 heavy (non-hydrogen) atoms. The maximum atomic E-state index is 11.5. The summed E-state index contributed by atoms with van der Waals surface area (Å²) in [7, 11) is 1.63. The smallest absolute Gasteiger partial charge is 0.219 e. The third-order valence-electron chi connectivity index (χ3n) is 6.54. The molecule has 0 spiro atoms. The number of hydrogen-bond donors (Lipinski definition) is 3. The van der Waals surface area contributed by atoms with Crippen LogP contribution in [0.3, 0.4) is 0 Å². The second-order valence-electron chi connectivity index (χ2n) is 9.30. The van der Waals surface area contributed by atoms with Crippen LogP contribution in [0.4, 0.5) is 0 Å². The average Bonchev–Trinajstić information content (AvgIpc) is 3.14. The third kappa shape index (κ3) is 11.8. The van der Waals surface area contributed by atoms with Crippen molar-refractivity contribution in [2.45, 2.75) is 70.2 Å². The van der Waals surface area contributed by atoms with Gasteiger partial charge in [-0.25, -0.2) is 0 Å². The predicted octanol–water partition coefficient (Wildman–Crippen LogP) is 3.79. The zero-order valence-electron chi connectivity index (χ0n) is 21.9. The highest BCUT2D eigenvalue weighted by Gasteiger charge is 2.39. The molecule has 1 fully saturated rings. The number of aliphatic hydroxyl groups excluding tert-OH is 2. The topological polar surface area (TPSA) is 97.3 Å². The van der Waals surface area contributed by atoms with Crippen molar-refractivity contribution in [1.82, 2.24) is 5.32 Å². The Balaban J connectivity index is 1.91. The zero-order valence-corrected chi connectivity index (χ0v) is 21.9. The lowest BCUT2D eigenvalue weighted by Gasteiger charge is -2.21. The van der Waals surface area contributed by atoms with Gasteiger partial charge >= 0.3 is 0 Å². The Morgan fingerprint density at radius 1 is 1.17 bits per heavy atom. The van der Waals surface area contributed by atoms with Gasteiger partial charge in [0.15, 0.2) is 0 Å². The fourth-order valence-electron chi connectivity index (χ4n) is 4.52.